The first-order valence-corrected chi connectivity index (χ1v) is 11.2. The number of nitro benzene ring substituents is 1. The third-order valence-corrected chi connectivity index (χ3v) is 6.45. The lowest BCUT2D eigenvalue weighted by Gasteiger charge is -2.25. The molecular formula is C23H18ClN3O5S. The average molecular weight is 484 g/mol. The number of nitro groups is 1. The highest BCUT2D eigenvalue weighted by molar-refractivity contribution is 7.07. The molecule has 0 saturated carbocycles. The van der Waals surface area contributed by atoms with E-state index in [0.717, 1.165) is 0 Å². The van der Waals surface area contributed by atoms with Crippen LogP contribution in [-0.2, 0) is 9.53 Å². The molecule has 0 N–H and O–H groups in total. The first-order chi connectivity index (χ1) is 15.8. The first-order valence-electron chi connectivity index (χ1n) is 10.0. The summed E-state index contributed by atoms with van der Waals surface area (Å²) in [6, 6.07) is 12.1. The Kier molecular flexibility index (Phi) is 6.26. The maximum absolute atomic E-state index is 13.5. The largest absolute Gasteiger partial charge is 0.463 e. The molecule has 0 fully saturated rings. The summed E-state index contributed by atoms with van der Waals surface area (Å²) in [6.45, 7) is 3.58. The van der Waals surface area contributed by atoms with Gasteiger partial charge in [-0.2, -0.15) is 0 Å². The standard InChI is InChI=1S/C23H18ClN3O5S/c1-3-32-22(29)19-13(2)25-23-26(20(19)16-6-4-5-7-17(16)24)21(28)18(33-23)12-14-8-10-15(11-9-14)27(30)31/h4-12,20H,3H2,1-2H3/b18-12-/t20-/m0/s1. The van der Waals surface area contributed by atoms with Gasteiger partial charge in [0.15, 0.2) is 4.80 Å². The SMILES string of the molecule is CCOC(=O)C1=C(C)N=c2s/c(=C\c3ccc([N+](=O)[O-])cc3)c(=O)n2[C@H]1c1ccccc1Cl. The maximum Gasteiger partial charge on any atom is 0.338 e. The van der Waals surface area contributed by atoms with Gasteiger partial charge in [0.05, 0.1) is 27.3 Å². The summed E-state index contributed by atoms with van der Waals surface area (Å²) in [4.78, 5) is 41.7. The Labute approximate surface area is 196 Å². The number of esters is 1. The van der Waals surface area contributed by atoms with Crippen molar-refractivity contribution >= 4 is 40.7 Å². The lowest BCUT2D eigenvalue weighted by atomic mass is 9.96. The molecule has 0 bridgehead atoms. The van der Waals surface area contributed by atoms with Crippen LogP contribution in [0.3, 0.4) is 0 Å². The Bertz CT molecular complexity index is 1470. The maximum atomic E-state index is 13.5. The Balaban J connectivity index is 1.93. The van der Waals surface area contributed by atoms with E-state index in [1.54, 1.807) is 56.3 Å². The summed E-state index contributed by atoms with van der Waals surface area (Å²) in [5.41, 5.74) is 1.51. The minimum Gasteiger partial charge on any atom is -0.463 e. The van der Waals surface area contributed by atoms with Gasteiger partial charge >= 0.3 is 5.97 Å². The summed E-state index contributed by atoms with van der Waals surface area (Å²) in [6.07, 6.45) is 1.64. The molecule has 1 aliphatic rings. The molecule has 4 rings (SSSR count). The van der Waals surface area contributed by atoms with Crippen LogP contribution in [-0.4, -0.2) is 22.1 Å². The molecule has 0 saturated heterocycles. The molecule has 8 nitrogen and oxygen atoms in total. The van der Waals surface area contributed by atoms with E-state index < -0.39 is 16.9 Å². The predicted molar refractivity (Wildman–Crippen MR) is 125 cm³/mol. The second kappa shape index (κ2) is 9.13. The number of ether oxygens (including phenoxy) is 1. The van der Waals surface area contributed by atoms with E-state index in [0.29, 0.717) is 31.2 Å². The lowest BCUT2D eigenvalue weighted by Crippen LogP contribution is -2.40. The van der Waals surface area contributed by atoms with Gasteiger partial charge in [-0.25, -0.2) is 9.79 Å². The van der Waals surface area contributed by atoms with E-state index in [2.05, 4.69) is 4.99 Å². The van der Waals surface area contributed by atoms with Crippen molar-refractivity contribution in [2.75, 3.05) is 6.61 Å². The number of carbonyl (C=O) groups is 1. The first kappa shape index (κ1) is 22.6. The van der Waals surface area contributed by atoms with Crippen molar-refractivity contribution in [3.8, 4) is 0 Å². The van der Waals surface area contributed by atoms with Crippen molar-refractivity contribution in [1.29, 1.82) is 0 Å². The molecule has 2 heterocycles. The Hall–Kier alpha value is -3.56. The molecule has 0 amide bonds. The summed E-state index contributed by atoms with van der Waals surface area (Å²) < 4.78 is 7.08. The predicted octanol–water partition coefficient (Wildman–Crippen LogP) is 3.36. The monoisotopic (exact) mass is 483 g/mol. The number of rotatable bonds is 5. The fourth-order valence-electron chi connectivity index (χ4n) is 3.63. The van der Waals surface area contributed by atoms with Gasteiger partial charge in [0.2, 0.25) is 0 Å². The molecule has 2 aromatic carbocycles. The number of thiazole rings is 1. The number of fused-ring (bicyclic) bond motifs is 1. The summed E-state index contributed by atoms with van der Waals surface area (Å²) >= 11 is 7.64. The number of hydrogen-bond acceptors (Lipinski definition) is 7. The van der Waals surface area contributed by atoms with E-state index in [4.69, 9.17) is 16.3 Å². The van der Waals surface area contributed by atoms with Crippen molar-refractivity contribution in [2.24, 2.45) is 4.99 Å². The van der Waals surface area contributed by atoms with Crippen molar-refractivity contribution in [3.05, 3.63) is 106 Å². The van der Waals surface area contributed by atoms with Crippen LogP contribution < -0.4 is 14.9 Å². The number of nitrogens with zero attached hydrogens (tertiary/aromatic N) is 3. The summed E-state index contributed by atoms with van der Waals surface area (Å²) in [5.74, 6) is -0.562. The zero-order chi connectivity index (χ0) is 23.7. The minimum absolute atomic E-state index is 0.0398. The van der Waals surface area contributed by atoms with Crippen molar-refractivity contribution in [3.63, 3.8) is 0 Å². The van der Waals surface area contributed by atoms with Gasteiger partial charge in [-0.1, -0.05) is 41.1 Å². The van der Waals surface area contributed by atoms with Crippen LogP contribution in [0.5, 0.6) is 0 Å². The second-order valence-electron chi connectivity index (χ2n) is 7.17. The lowest BCUT2D eigenvalue weighted by molar-refractivity contribution is -0.384. The molecule has 0 radical (unpaired) electrons. The van der Waals surface area contributed by atoms with E-state index >= 15 is 0 Å². The zero-order valence-electron chi connectivity index (χ0n) is 17.6. The topological polar surface area (TPSA) is 104 Å². The number of carbonyl (C=O) groups excluding carboxylic acids is 1. The van der Waals surface area contributed by atoms with Crippen LogP contribution in [0.4, 0.5) is 5.69 Å². The highest BCUT2D eigenvalue weighted by Gasteiger charge is 2.34. The van der Waals surface area contributed by atoms with E-state index in [1.165, 1.54) is 28.0 Å². The van der Waals surface area contributed by atoms with Crippen molar-refractivity contribution in [1.82, 2.24) is 4.57 Å². The summed E-state index contributed by atoms with van der Waals surface area (Å²) in [5, 5.41) is 11.3. The van der Waals surface area contributed by atoms with Gasteiger partial charge in [-0.15, -0.1) is 0 Å². The van der Waals surface area contributed by atoms with E-state index in [9.17, 15) is 19.7 Å². The Morgan fingerprint density at radius 1 is 1.27 bits per heavy atom. The number of benzene rings is 2. The number of halogens is 1. The molecule has 1 aliphatic heterocycles. The van der Waals surface area contributed by atoms with Crippen LogP contribution in [0, 0.1) is 10.1 Å². The van der Waals surface area contributed by atoms with Crippen molar-refractivity contribution < 1.29 is 14.5 Å². The Morgan fingerprint density at radius 2 is 1.97 bits per heavy atom. The molecule has 1 atom stereocenters. The van der Waals surface area contributed by atoms with Gasteiger partial charge in [-0.3, -0.25) is 19.5 Å². The molecule has 10 heteroatoms. The fraction of sp³-hybridized carbons (Fsp3) is 0.174. The third kappa shape index (κ3) is 4.24. The molecular weight excluding hydrogens is 466 g/mol. The molecule has 0 spiro atoms. The van der Waals surface area contributed by atoms with Gasteiger partial charge in [0, 0.05) is 17.2 Å². The molecule has 33 heavy (non-hydrogen) atoms. The minimum atomic E-state index is -0.798. The quantitative estimate of drug-likeness (QED) is 0.314. The molecule has 168 valence electrons. The number of aromatic nitrogens is 1. The van der Waals surface area contributed by atoms with E-state index in [-0.39, 0.29) is 23.4 Å². The molecule has 0 aliphatic carbocycles. The zero-order valence-corrected chi connectivity index (χ0v) is 19.2. The van der Waals surface area contributed by atoms with Crippen LogP contribution in [0.1, 0.15) is 31.0 Å². The van der Waals surface area contributed by atoms with Gasteiger partial charge in [0.25, 0.3) is 11.2 Å². The highest BCUT2D eigenvalue weighted by Crippen LogP contribution is 2.34. The van der Waals surface area contributed by atoms with Gasteiger partial charge < -0.3 is 4.74 Å². The van der Waals surface area contributed by atoms with E-state index in [1.807, 2.05) is 0 Å². The average Bonchev–Trinajstić information content (AvgIpc) is 3.08. The summed E-state index contributed by atoms with van der Waals surface area (Å²) in [7, 11) is 0. The highest BCUT2D eigenvalue weighted by atomic mass is 35.5. The second-order valence-corrected chi connectivity index (χ2v) is 8.59. The van der Waals surface area contributed by atoms with Crippen LogP contribution in [0.2, 0.25) is 5.02 Å². The number of non-ortho nitro benzene ring substituents is 1. The molecule has 0 unspecified atom stereocenters. The van der Waals surface area contributed by atoms with Crippen LogP contribution in [0.15, 0.2) is 69.6 Å². The normalized spacial score (nSPS) is 15.7. The number of allylic oxidation sites excluding steroid dienone is 1. The van der Waals surface area contributed by atoms with Crippen LogP contribution >= 0.6 is 22.9 Å². The Morgan fingerprint density at radius 3 is 2.61 bits per heavy atom. The fourth-order valence-corrected chi connectivity index (χ4v) is 4.91. The number of hydrogen-bond donors (Lipinski definition) is 0. The van der Waals surface area contributed by atoms with Gasteiger partial charge in [-0.05, 0) is 49.2 Å². The smallest absolute Gasteiger partial charge is 0.338 e. The molecule has 1 aromatic heterocycles. The molecule has 3 aromatic rings. The van der Waals surface area contributed by atoms with Crippen LogP contribution in [0.25, 0.3) is 6.08 Å². The van der Waals surface area contributed by atoms with Crippen molar-refractivity contribution in [2.45, 2.75) is 19.9 Å². The van der Waals surface area contributed by atoms with Gasteiger partial charge in [0.1, 0.15) is 6.04 Å². The third-order valence-electron chi connectivity index (χ3n) is 5.12.